The first-order valence-corrected chi connectivity index (χ1v) is 5.92. The van der Waals surface area contributed by atoms with Crippen LogP contribution in [-0.4, -0.2) is 30.8 Å². The van der Waals surface area contributed by atoms with Crippen molar-refractivity contribution in [2.24, 2.45) is 0 Å². The Balaban J connectivity index is 1.92. The lowest BCUT2D eigenvalue weighted by atomic mass is 10.2. The Kier molecular flexibility index (Phi) is 3.99. The van der Waals surface area contributed by atoms with Crippen molar-refractivity contribution in [1.82, 2.24) is 4.98 Å². The van der Waals surface area contributed by atoms with Crippen molar-refractivity contribution < 1.29 is 4.74 Å². The number of nitrogens with one attached hydrogen (secondary N) is 2. The molecule has 1 fully saturated rings. The summed E-state index contributed by atoms with van der Waals surface area (Å²) >= 11 is 0. The molecule has 4 nitrogen and oxygen atoms in total. The monoisotopic (exact) mass is 221 g/mol. The fourth-order valence-electron chi connectivity index (χ4n) is 1.75. The van der Waals surface area contributed by atoms with Crippen molar-refractivity contribution in [2.75, 3.05) is 30.4 Å². The summed E-state index contributed by atoms with van der Waals surface area (Å²) in [6.07, 6.45) is 4.02. The number of ether oxygens (including phenoxy) is 1. The van der Waals surface area contributed by atoms with Crippen LogP contribution in [0.5, 0.6) is 0 Å². The SMILES string of the molecule is CCCNc1cc(NC2CCOC2)ccn1. The van der Waals surface area contributed by atoms with E-state index in [1.165, 1.54) is 0 Å². The molecular weight excluding hydrogens is 202 g/mol. The molecule has 0 radical (unpaired) electrons. The predicted molar refractivity (Wildman–Crippen MR) is 65.9 cm³/mol. The highest BCUT2D eigenvalue weighted by Crippen LogP contribution is 2.16. The van der Waals surface area contributed by atoms with E-state index in [9.17, 15) is 0 Å². The van der Waals surface area contributed by atoms with Gasteiger partial charge in [-0.25, -0.2) is 4.98 Å². The quantitative estimate of drug-likeness (QED) is 0.799. The molecule has 1 aromatic rings. The predicted octanol–water partition coefficient (Wildman–Crippen LogP) is 2.10. The lowest BCUT2D eigenvalue weighted by molar-refractivity contribution is 0.195. The summed E-state index contributed by atoms with van der Waals surface area (Å²) < 4.78 is 5.33. The van der Waals surface area contributed by atoms with Crippen LogP contribution < -0.4 is 10.6 Å². The second kappa shape index (κ2) is 5.70. The standard InChI is InChI=1S/C12H19N3O/c1-2-5-13-12-8-10(3-6-14-12)15-11-4-7-16-9-11/h3,6,8,11H,2,4-5,7,9H2,1H3,(H2,13,14,15). The molecular formula is C12H19N3O. The van der Waals surface area contributed by atoms with E-state index < -0.39 is 0 Å². The maximum atomic E-state index is 5.33. The number of hydrogen-bond donors (Lipinski definition) is 2. The number of pyridine rings is 1. The van der Waals surface area contributed by atoms with Crippen LogP contribution in [0.25, 0.3) is 0 Å². The van der Waals surface area contributed by atoms with Gasteiger partial charge in [-0.05, 0) is 18.9 Å². The Hall–Kier alpha value is -1.29. The van der Waals surface area contributed by atoms with Gasteiger partial charge in [0.25, 0.3) is 0 Å². The Labute approximate surface area is 96.4 Å². The first kappa shape index (κ1) is 11.2. The summed E-state index contributed by atoms with van der Waals surface area (Å²) in [6, 6.07) is 4.49. The smallest absolute Gasteiger partial charge is 0.127 e. The van der Waals surface area contributed by atoms with Gasteiger partial charge in [-0.3, -0.25) is 0 Å². The highest BCUT2D eigenvalue weighted by molar-refractivity contribution is 5.52. The molecule has 2 rings (SSSR count). The van der Waals surface area contributed by atoms with Crippen LogP contribution in [0.2, 0.25) is 0 Å². The lowest BCUT2D eigenvalue weighted by Crippen LogP contribution is -2.19. The molecule has 0 aliphatic carbocycles. The Morgan fingerprint density at radius 2 is 2.50 bits per heavy atom. The lowest BCUT2D eigenvalue weighted by Gasteiger charge is -2.13. The summed E-state index contributed by atoms with van der Waals surface area (Å²) in [7, 11) is 0. The van der Waals surface area contributed by atoms with Crippen molar-refractivity contribution in [3.63, 3.8) is 0 Å². The number of rotatable bonds is 5. The molecule has 1 aromatic heterocycles. The van der Waals surface area contributed by atoms with Crippen LogP contribution in [0.3, 0.4) is 0 Å². The van der Waals surface area contributed by atoms with Gasteiger partial charge in [0.15, 0.2) is 0 Å². The van der Waals surface area contributed by atoms with E-state index in [4.69, 9.17) is 4.74 Å². The van der Waals surface area contributed by atoms with E-state index in [-0.39, 0.29) is 0 Å². The van der Waals surface area contributed by atoms with Crippen LogP contribution in [0.4, 0.5) is 11.5 Å². The molecule has 1 aliphatic rings. The molecule has 0 aromatic carbocycles. The largest absolute Gasteiger partial charge is 0.380 e. The Morgan fingerprint density at radius 1 is 1.56 bits per heavy atom. The average Bonchev–Trinajstić information content (AvgIpc) is 2.80. The van der Waals surface area contributed by atoms with Gasteiger partial charge in [-0.15, -0.1) is 0 Å². The van der Waals surface area contributed by atoms with Gasteiger partial charge in [-0.1, -0.05) is 6.92 Å². The van der Waals surface area contributed by atoms with Crippen molar-refractivity contribution >= 4 is 11.5 Å². The van der Waals surface area contributed by atoms with Gasteiger partial charge < -0.3 is 15.4 Å². The third kappa shape index (κ3) is 3.10. The molecule has 16 heavy (non-hydrogen) atoms. The van der Waals surface area contributed by atoms with E-state index in [2.05, 4.69) is 22.5 Å². The summed E-state index contributed by atoms with van der Waals surface area (Å²) in [5.74, 6) is 0.936. The maximum Gasteiger partial charge on any atom is 0.127 e. The van der Waals surface area contributed by atoms with Crippen molar-refractivity contribution in [2.45, 2.75) is 25.8 Å². The average molecular weight is 221 g/mol. The number of nitrogens with zero attached hydrogens (tertiary/aromatic N) is 1. The Morgan fingerprint density at radius 3 is 3.25 bits per heavy atom. The number of anilines is 2. The summed E-state index contributed by atoms with van der Waals surface area (Å²) in [6.45, 7) is 4.78. The first-order valence-electron chi connectivity index (χ1n) is 5.92. The van der Waals surface area contributed by atoms with Gasteiger partial charge in [0.1, 0.15) is 5.82 Å². The molecule has 2 heterocycles. The second-order valence-electron chi connectivity index (χ2n) is 4.06. The zero-order valence-corrected chi connectivity index (χ0v) is 9.70. The normalized spacial score (nSPS) is 19.7. The molecule has 1 saturated heterocycles. The third-order valence-electron chi connectivity index (χ3n) is 2.62. The van der Waals surface area contributed by atoms with Crippen molar-refractivity contribution in [3.05, 3.63) is 18.3 Å². The molecule has 0 bridgehead atoms. The zero-order chi connectivity index (χ0) is 11.2. The van der Waals surface area contributed by atoms with Gasteiger partial charge in [0.05, 0.1) is 12.6 Å². The molecule has 0 saturated carbocycles. The summed E-state index contributed by atoms with van der Waals surface area (Å²) in [5.41, 5.74) is 1.11. The minimum atomic E-state index is 0.446. The van der Waals surface area contributed by atoms with Crippen molar-refractivity contribution in [1.29, 1.82) is 0 Å². The van der Waals surface area contributed by atoms with E-state index in [0.717, 1.165) is 44.1 Å². The van der Waals surface area contributed by atoms with E-state index in [1.54, 1.807) is 0 Å². The van der Waals surface area contributed by atoms with E-state index in [1.807, 2.05) is 18.3 Å². The molecule has 4 heteroatoms. The maximum absolute atomic E-state index is 5.33. The van der Waals surface area contributed by atoms with E-state index >= 15 is 0 Å². The topological polar surface area (TPSA) is 46.2 Å². The summed E-state index contributed by atoms with van der Waals surface area (Å²) in [5, 5.41) is 6.73. The number of aromatic nitrogens is 1. The van der Waals surface area contributed by atoms with Crippen LogP contribution >= 0.6 is 0 Å². The van der Waals surface area contributed by atoms with Crippen LogP contribution in [0.1, 0.15) is 19.8 Å². The minimum absolute atomic E-state index is 0.446. The van der Waals surface area contributed by atoms with Crippen LogP contribution in [0, 0.1) is 0 Å². The van der Waals surface area contributed by atoms with Gasteiger partial charge in [0, 0.05) is 31.1 Å². The fourth-order valence-corrected chi connectivity index (χ4v) is 1.75. The minimum Gasteiger partial charge on any atom is -0.380 e. The van der Waals surface area contributed by atoms with Crippen LogP contribution in [-0.2, 0) is 4.74 Å². The first-order chi connectivity index (χ1) is 7.88. The molecule has 1 aliphatic heterocycles. The Bertz CT molecular complexity index is 324. The molecule has 88 valence electrons. The van der Waals surface area contributed by atoms with Gasteiger partial charge >= 0.3 is 0 Å². The van der Waals surface area contributed by atoms with E-state index in [0.29, 0.717) is 6.04 Å². The van der Waals surface area contributed by atoms with Gasteiger partial charge in [0.2, 0.25) is 0 Å². The molecule has 0 spiro atoms. The van der Waals surface area contributed by atoms with Crippen LogP contribution in [0.15, 0.2) is 18.3 Å². The van der Waals surface area contributed by atoms with Crippen molar-refractivity contribution in [3.8, 4) is 0 Å². The highest BCUT2D eigenvalue weighted by atomic mass is 16.5. The molecule has 0 amide bonds. The molecule has 2 N–H and O–H groups in total. The summed E-state index contributed by atoms with van der Waals surface area (Å²) in [4.78, 5) is 4.27. The fraction of sp³-hybridized carbons (Fsp3) is 0.583. The zero-order valence-electron chi connectivity index (χ0n) is 9.70. The number of hydrogen-bond acceptors (Lipinski definition) is 4. The van der Waals surface area contributed by atoms with Gasteiger partial charge in [-0.2, -0.15) is 0 Å². The highest BCUT2D eigenvalue weighted by Gasteiger charge is 2.14. The molecule has 1 unspecified atom stereocenters. The third-order valence-corrected chi connectivity index (χ3v) is 2.62. The second-order valence-corrected chi connectivity index (χ2v) is 4.06. The molecule has 1 atom stereocenters.